The summed E-state index contributed by atoms with van der Waals surface area (Å²) in [5.41, 5.74) is 8.20. The van der Waals surface area contributed by atoms with Gasteiger partial charge in [-0.25, -0.2) is 4.98 Å². The number of thiocarbonyl (C=S) groups is 1. The number of hydrogen-bond acceptors (Lipinski definition) is 4. The summed E-state index contributed by atoms with van der Waals surface area (Å²) in [7, 11) is 0. The summed E-state index contributed by atoms with van der Waals surface area (Å²) in [5.74, 6) is 0.398. The number of benzene rings is 2. The number of Topliss-reactive ketones (excluding diaryl/α,β-unsaturated/α-hetero) is 1. The van der Waals surface area contributed by atoms with E-state index in [0.29, 0.717) is 15.9 Å². The maximum Gasteiger partial charge on any atom is 0.162 e. The van der Waals surface area contributed by atoms with Gasteiger partial charge in [-0.2, -0.15) is 0 Å². The summed E-state index contributed by atoms with van der Waals surface area (Å²) in [6.07, 6.45) is 0. The third kappa shape index (κ3) is 10.4. The first-order valence-electron chi connectivity index (χ1n) is 8.26. The van der Waals surface area contributed by atoms with Crippen molar-refractivity contribution in [1.82, 2.24) is 4.98 Å². The fourth-order valence-electron chi connectivity index (χ4n) is 1.74. The molecule has 1 heterocycles. The highest BCUT2D eigenvalue weighted by Crippen LogP contribution is 2.25. The molecule has 0 spiro atoms. The maximum atomic E-state index is 9.92. The van der Waals surface area contributed by atoms with Gasteiger partial charge in [0.05, 0.1) is 23.3 Å². The number of carbonyl (C=O) groups is 1. The quantitative estimate of drug-likeness (QED) is 0.273. The molecule has 0 aliphatic rings. The van der Waals surface area contributed by atoms with Crippen LogP contribution in [0.1, 0.15) is 11.3 Å². The van der Waals surface area contributed by atoms with Gasteiger partial charge < -0.3 is 5.73 Å². The zero-order valence-corrected chi connectivity index (χ0v) is 20.9. The maximum absolute atomic E-state index is 9.92. The van der Waals surface area contributed by atoms with Crippen molar-refractivity contribution >= 4 is 92.3 Å². The van der Waals surface area contributed by atoms with E-state index in [9.17, 15) is 4.79 Å². The fraction of sp³-hybridized carbons (Fsp3) is 0.150. The summed E-state index contributed by atoms with van der Waals surface area (Å²) >= 11 is 33.5. The summed E-state index contributed by atoms with van der Waals surface area (Å²) in [5, 5.41) is 4.39. The van der Waals surface area contributed by atoms with Crippen molar-refractivity contribution in [3.05, 3.63) is 75.2 Å². The highest BCUT2D eigenvalue weighted by Gasteiger charge is 2.03. The Morgan fingerprint density at radius 1 is 0.933 bits per heavy atom. The molecule has 0 amide bonds. The van der Waals surface area contributed by atoms with Crippen LogP contribution in [0.4, 0.5) is 0 Å². The number of hydrogen-bond donors (Lipinski definition) is 1. The third-order valence-electron chi connectivity index (χ3n) is 3.21. The largest absolute Gasteiger partial charge is 0.389 e. The predicted octanol–water partition coefficient (Wildman–Crippen LogP) is 7.21. The van der Waals surface area contributed by atoms with Gasteiger partial charge in [-0.3, -0.25) is 4.79 Å². The first-order valence-corrected chi connectivity index (χ1v) is 11.9. The number of carbonyl (C=O) groups excluding carboxylic acids is 1. The Bertz CT molecular complexity index is 925. The van der Waals surface area contributed by atoms with Crippen molar-refractivity contribution in [3.8, 4) is 10.6 Å². The van der Waals surface area contributed by atoms with Gasteiger partial charge in [0.1, 0.15) is 10.00 Å². The van der Waals surface area contributed by atoms with Crippen molar-refractivity contribution in [2.45, 2.75) is 5.88 Å². The van der Waals surface area contributed by atoms with E-state index in [4.69, 9.17) is 76.0 Å². The van der Waals surface area contributed by atoms with Crippen LogP contribution in [-0.4, -0.2) is 27.5 Å². The molecule has 10 heteroatoms. The smallest absolute Gasteiger partial charge is 0.162 e. The summed E-state index contributed by atoms with van der Waals surface area (Å²) in [6.45, 7) is 0. The molecule has 0 radical (unpaired) electrons. The van der Waals surface area contributed by atoms with Crippen molar-refractivity contribution in [1.29, 1.82) is 0 Å². The van der Waals surface area contributed by atoms with Gasteiger partial charge >= 0.3 is 0 Å². The summed E-state index contributed by atoms with van der Waals surface area (Å²) in [4.78, 5) is 14.7. The molecular weight excluding hydrogens is 526 g/mol. The first kappa shape index (κ1) is 27.1. The average molecular weight is 543 g/mol. The highest BCUT2D eigenvalue weighted by molar-refractivity contribution is 7.80. The molecular formula is C20H17Cl5N2OS2. The molecule has 1 aromatic heterocycles. The zero-order chi connectivity index (χ0) is 22.5. The second-order valence-corrected chi connectivity index (χ2v) is 8.43. The SMILES string of the molecule is ClCc1csc(-c2ccc(Cl)cc2)n1.NC(=S)c1ccc(Cl)cc1.O=C(CCl)CCl. The molecule has 2 N–H and O–H groups in total. The van der Waals surface area contributed by atoms with Gasteiger partial charge in [0.25, 0.3) is 0 Å². The monoisotopic (exact) mass is 540 g/mol. The van der Waals surface area contributed by atoms with Gasteiger partial charge in [0, 0.05) is 26.6 Å². The number of thiazole rings is 1. The van der Waals surface area contributed by atoms with Crippen LogP contribution in [0.25, 0.3) is 10.6 Å². The van der Waals surface area contributed by atoms with E-state index in [1.807, 2.05) is 29.6 Å². The van der Waals surface area contributed by atoms with Crippen LogP contribution >= 0.6 is 81.6 Å². The molecule has 0 saturated heterocycles. The molecule has 0 fully saturated rings. The van der Waals surface area contributed by atoms with E-state index >= 15 is 0 Å². The lowest BCUT2D eigenvalue weighted by molar-refractivity contribution is -0.114. The van der Waals surface area contributed by atoms with Crippen LogP contribution in [0.5, 0.6) is 0 Å². The molecule has 0 unspecified atom stereocenters. The highest BCUT2D eigenvalue weighted by atomic mass is 35.5. The number of halogens is 5. The Labute approximate surface area is 210 Å². The Kier molecular flexibility index (Phi) is 13.5. The van der Waals surface area contributed by atoms with Crippen molar-refractivity contribution < 1.29 is 4.79 Å². The topological polar surface area (TPSA) is 56.0 Å². The second kappa shape index (κ2) is 15.0. The minimum absolute atomic E-state index is 0.0312. The Balaban J connectivity index is 0.000000247. The Morgan fingerprint density at radius 3 is 1.80 bits per heavy atom. The van der Waals surface area contributed by atoms with E-state index in [0.717, 1.165) is 26.9 Å². The van der Waals surface area contributed by atoms with E-state index in [1.54, 1.807) is 35.6 Å². The molecule has 0 saturated carbocycles. The van der Waals surface area contributed by atoms with Crippen molar-refractivity contribution in [2.24, 2.45) is 5.73 Å². The standard InChI is InChI=1S/C10H7Cl2NS.C7H6ClNS.C3H4Cl2O/c11-5-9-6-14-10(13-9)7-1-3-8(12)4-2-7;8-6-3-1-5(2-4-6)7(9)10;4-1-3(6)2-5/h1-4,6H,5H2;1-4H,(H2,9,10);1-2H2. The molecule has 3 nitrogen and oxygen atoms in total. The lowest BCUT2D eigenvalue weighted by Gasteiger charge is -1.95. The van der Waals surface area contributed by atoms with Crippen LogP contribution in [0.3, 0.4) is 0 Å². The third-order valence-corrected chi connectivity index (χ3v) is 5.76. The molecule has 0 aliphatic carbocycles. The molecule has 30 heavy (non-hydrogen) atoms. The number of rotatable bonds is 5. The molecule has 3 rings (SSSR count). The summed E-state index contributed by atoms with van der Waals surface area (Å²) < 4.78 is 0. The van der Waals surface area contributed by atoms with Crippen LogP contribution in [0.2, 0.25) is 10.0 Å². The number of nitrogens with zero attached hydrogens (tertiary/aromatic N) is 1. The zero-order valence-electron chi connectivity index (χ0n) is 15.5. The number of ketones is 1. The average Bonchev–Trinajstić information content (AvgIpc) is 3.24. The van der Waals surface area contributed by atoms with Gasteiger partial charge in [-0.05, 0) is 24.3 Å². The normalized spacial score (nSPS) is 9.63. The fourth-order valence-corrected chi connectivity index (χ4v) is 3.47. The van der Waals surface area contributed by atoms with Crippen molar-refractivity contribution in [3.63, 3.8) is 0 Å². The van der Waals surface area contributed by atoms with E-state index in [-0.39, 0.29) is 17.5 Å². The number of nitrogens with two attached hydrogens (primary N) is 1. The molecule has 0 bridgehead atoms. The minimum Gasteiger partial charge on any atom is -0.389 e. The number of alkyl halides is 3. The lowest BCUT2D eigenvalue weighted by atomic mass is 10.2. The summed E-state index contributed by atoms with van der Waals surface area (Å²) in [6, 6.07) is 14.7. The lowest BCUT2D eigenvalue weighted by Crippen LogP contribution is -2.08. The Hall–Kier alpha value is -0.920. The predicted molar refractivity (Wildman–Crippen MR) is 136 cm³/mol. The van der Waals surface area contributed by atoms with Crippen molar-refractivity contribution in [2.75, 3.05) is 11.8 Å². The molecule has 0 aliphatic heterocycles. The van der Waals surface area contributed by atoms with Crippen LogP contribution in [-0.2, 0) is 10.7 Å². The molecule has 2 aromatic carbocycles. The second-order valence-electron chi connectivity index (χ2n) is 5.46. The van der Waals surface area contributed by atoms with Gasteiger partial charge in [-0.15, -0.1) is 46.1 Å². The number of aromatic nitrogens is 1. The Morgan fingerprint density at radius 2 is 1.43 bits per heavy atom. The van der Waals surface area contributed by atoms with Gasteiger partial charge in [0.15, 0.2) is 5.78 Å². The van der Waals surface area contributed by atoms with E-state index in [2.05, 4.69) is 4.98 Å². The van der Waals surface area contributed by atoms with Crippen LogP contribution in [0, 0.1) is 0 Å². The first-order chi connectivity index (χ1) is 14.3. The van der Waals surface area contributed by atoms with Crippen LogP contribution < -0.4 is 5.73 Å². The van der Waals surface area contributed by atoms with Gasteiger partial charge in [-0.1, -0.05) is 59.7 Å². The molecule has 0 atom stereocenters. The van der Waals surface area contributed by atoms with Crippen LogP contribution in [0.15, 0.2) is 53.9 Å². The minimum atomic E-state index is -0.127. The molecule has 3 aromatic rings. The van der Waals surface area contributed by atoms with E-state index < -0.39 is 0 Å². The molecule has 160 valence electrons. The van der Waals surface area contributed by atoms with Gasteiger partial charge in [0.2, 0.25) is 0 Å². The van der Waals surface area contributed by atoms with E-state index in [1.165, 1.54) is 0 Å².